The summed E-state index contributed by atoms with van der Waals surface area (Å²) in [6, 6.07) is 0.408. The average molecular weight is 281 g/mol. The lowest BCUT2D eigenvalue weighted by atomic mass is 9.93. The quantitative estimate of drug-likeness (QED) is 0.517. The molecule has 1 aliphatic heterocycles. The van der Waals surface area contributed by atoms with Crippen LogP contribution in [0.1, 0.15) is 90.9 Å². The summed E-state index contributed by atoms with van der Waals surface area (Å²) in [4.78, 5) is 12.1. The molecule has 0 aromatic heterocycles. The SMILES string of the molecule is CCCCCCCCCCCCC(=O)C1CCNC1C. The van der Waals surface area contributed by atoms with Gasteiger partial charge in [0.15, 0.2) is 0 Å². The molecule has 1 saturated heterocycles. The molecular weight excluding hydrogens is 246 g/mol. The van der Waals surface area contributed by atoms with Gasteiger partial charge in [-0.05, 0) is 26.3 Å². The molecule has 1 heterocycles. The first-order valence-electron chi connectivity index (χ1n) is 9.01. The maximum absolute atomic E-state index is 12.1. The molecule has 1 rings (SSSR count). The molecule has 2 heteroatoms. The number of hydrogen-bond donors (Lipinski definition) is 1. The third-order valence-corrected chi connectivity index (χ3v) is 4.72. The fourth-order valence-electron chi connectivity index (χ4n) is 3.27. The molecule has 0 aliphatic carbocycles. The number of Topliss-reactive ketones (excluding diaryl/α,β-unsaturated/α-hetero) is 1. The van der Waals surface area contributed by atoms with Crippen LogP contribution in [-0.4, -0.2) is 18.4 Å². The molecule has 0 aromatic carbocycles. The van der Waals surface area contributed by atoms with E-state index in [9.17, 15) is 4.79 Å². The van der Waals surface area contributed by atoms with Gasteiger partial charge in [-0.15, -0.1) is 0 Å². The maximum Gasteiger partial charge on any atom is 0.137 e. The van der Waals surface area contributed by atoms with E-state index in [4.69, 9.17) is 0 Å². The summed E-state index contributed by atoms with van der Waals surface area (Å²) >= 11 is 0. The number of ketones is 1. The van der Waals surface area contributed by atoms with Crippen LogP contribution in [0.4, 0.5) is 0 Å². The van der Waals surface area contributed by atoms with Gasteiger partial charge >= 0.3 is 0 Å². The number of nitrogens with one attached hydrogen (secondary N) is 1. The second-order valence-corrected chi connectivity index (χ2v) is 6.54. The van der Waals surface area contributed by atoms with E-state index >= 15 is 0 Å². The van der Waals surface area contributed by atoms with Crippen LogP contribution in [0.25, 0.3) is 0 Å². The Labute approximate surface area is 126 Å². The van der Waals surface area contributed by atoms with Crippen molar-refractivity contribution < 1.29 is 4.79 Å². The van der Waals surface area contributed by atoms with Crippen LogP contribution in [0, 0.1) is 5.92 Å². The molecular formula is C18H35NO. The normalized spacial score (nSPS) is 22.3. The summed E-state index contributed by atoms with van der Waals surface area (Å²) in [7, 11) is 0. The Balaban J connectivity index is 1.86. The minimum Gasteiger partial charge on any atom is -0.314 e. The van der Waals surface area contributed by atoms with E-state index < -0.39 is 0 Å². The van der Waals surface area contributed by atoms with Crippen molar-refractivity contribution >= 4 is 5.78 Å². The van der Waals surface area contributed by atoms with Gasteiger partial charge in [-0.2, -0.15) is 0 Å². The van der Waals surface area contributed by atoms with Crippen LogP contribution >= 0.6 is 0 Å². The van der Waals surface area contributed by atoms with Crippen LogP contribution in [0.3, 0.4) is 0 Å². The van der Waals surface area contributed by atoms with Crippen molar-refractivity contribution in [2.45, 2.75) is 96.9 Å². The van der Waals surface area contributed by atoms with Gasteiger partial charge in [0.1, 0.15) is 5.78 Å². The molecule has 0 amide bonds. The number of carbonyl (C=O) groups excluding carboxylic acids is 1. The molecule has 0 aromatic rings. The predicted octanol–water partition coefficient (Wildman–Crippen LogP) is 4.86. The van der Waals surface area contributed by atoms with Gasteiger partial charge in [-0.25, -0.2) is 0 Å². The summed E-state index contributed by atoms with van der Waals surface area (Å²) in [5, 5.41) is 3.37. The highest BCUT2D eigenvalue weighted by atomic mass is 16.1. The second kappa shape index (κ2) is 11.3. The molecule has 0 spiro atoms. The summed E-state index contributed by atoms with van der Waals surface area (Å²) in [5.41, 5.74) is 0. The van der Waals surface area contributed by atoms with Crippen molar-refractivity contribution in [3.63, 3.8) is 0 Å². The Morgan fingerprint density at radius 1 is 0.950 bits per heavy atom. The zero-order valence-electron chi connectivity index (χ0n) is 13.8. The van der Waals surface area contributed by atoms with E-state index in [1.54, 1.807) is 0 Å². The molecule has 20 heavy (non-hydrogen) atoms. The monoisotopic (exact) mass is 281 g/mol. The van der Waals surface area contributed by atoms with Crippen molar-refractivity contribution in [3.8, 4) is 0 Å². The van der Waals surface area contributed by atoms with Crippen molar-refractivity contribution in [1.82, 2.24) is 5.32 Å². The minimum absolute atomic E-state index is 0.300. The zero-order chi connectivity index (χ0) is 14.6. The highest BCUT2D eigenvalue weighted by molar-refractivity contribution is 5.81. The first kappa shape index (κ1) is 17.7. The van der Waals surface area contributed by atoms with Crippen LogP contribution < -0.4 is 5.32 Å². The molecule has 2 atom stereocenters. The van der Waals surface area contributed by atoms with Gasteiger partial charge in [0.2, 0.25) is 0 Å². The lowest BCUT2D eigenvalue weighted by molar-refractivity contribution is -0.123. The minimum atomic E-state index is 0.300. The Kier molecular flexibility index (Phi) is 10.00. The Morgan fingerprint density at radius 3 is 2.00 bits per heavy atom. The van der Waals surface area contributed by atoms with Crippen LogP contribution in [0.2, 0.25) is 0 Å². The molecule has 2 nitrogen and oxygen atoms in total. The Hall–Kier alpha value is -0.370. The summed E-state index contributed by atoms with van der Waals surface area (Å²) < 4.78 is 0. The van der Waals surface area contributed by atoms with E-state index in [-0.39, 0.29) is 0 Å². The molecule has 0 saturated carbocycles. The average Bonchev–Trinajstić information content (AvgIpc) is 2.87. The van der Waals surface area contributed by atoms with Gasteiger partial charge in [0.05, 0.1) is 0 Å². The highest BCUT2D eigenvalue weighted by Crippen LogP contribution is 2.19. The van der Waals surface area contributed by atoms with Gasteiger partial charge in [-0.1, -0.05) is 64.7 Å². The highest BCUT2D eigenvalue weighted by Gasteiger charge is 2.28. The molecule has 2 unspecified atom stereocenters. The first-order chi connectivity index (χ1) is 9.75. The van der Waals surface area contributed by atoms with Gasteiger partial charge in [-0.3, -0.25) is 4.79 Å². The molecule has 1 N–H and O–H groups in total. The van der Waals surface area contributed by atoms with E-state index in [1.807, 2.05) is 0 Å². The lowest BCUT2D eigenvalue weighted by Gasteiger charge is -2.13. The van der Waals surface area contributed by atoms with Crippen molar-refractivity contribution in [3.05, 3.63) is 0 Å². The lowest BCUT2D eigenvalue weighted by Crippen LogP contribution is -2.28. The molecule has 118 valence electrons. The molecule has 1 aliphatic rings. The fraction of sp³-hybridized carbons (Fsp3) is 0.944. The van der Waals surface area contributed by atoms with Gasteiger partial charge < -0.3 is 5.32 Å². The van der Waals surface area contributed by atoms with Crippen LogP contribution in [0.15, 0.2) is 0 Å². The van der Waals surface area contributed by atoms with Crippen LogP contribution in [0.5, 0.6) is 0 Å². The van der Waals surface area contributed by atoms with E-state index in [0.29, 0.717) is 17.7 Å². The number of carbonyl (C=O) groups is 1. The summed E-state index contributed by atoms with van der Waals surface area (Å²) in [6.45, 7) is 5.44. The third-order valence-electron chi connectivity index (χ3n) is 4.72. The van der Waals surface area contributed by atoms with Crippen molar-refractivity contribution in [2.75, 3.05) is 6.54 Å². The number of hydrogen-bond acceptors (Lipinski definition) is 2. The smallest absolute Gasteiger partial charge is 0.137 e. The Morgan fingerprint density at radius 2 is 1.50 bits per heavy atom. The second-order valence-electron chi connectivity index (χ2n) is 6.54. The third kappa shape index (κ3) is 7.42. The first-order valence-corrected chi connectivity index (χ1v) is 9.01. The number of unbranched alkanes of at least 4 members (excludes halogenated alkanes) is 9. The van der Waals surface area contributed by atoms with Crippen LogP contribution in [-0.2, 0) is 4.79 Å². The fourth-order valence-corrected chi connectivity index (χ4v) is 3.27. The van der Waals surface area contributed by atoms with E-state index in [1.165, 1.54) is 57.8 Å². The largest absolute Gasteiger partial charge is 0.314 e. The maximum atomic E-state index is 12.1. The summed E-state index contributed by atoms with van der Waals surface area (Å²) in [6.07, 6.45) is 15.3. The van der Waals surface area contributed by atoms with E-state index in [0.717, 1.165) is 25.8 Å². The summed E-state index contributed by atoms with van der Waals surface area (Å²) in [5.74, 6) is 0.802. The van der Waals surface area contributed by atoms with Gasteiger partial charge in [0, 0.05) is 18.4 Å². The number of rotatable bonds is 12. The molecule has 1 fully saturated rings. The van der Waals surface area contributed by atoms with Gasteiger partial charge in [0.25, 0.3) is 0 Å². The zero-order valence-corrected chi connectivity index (χ0v) is 13.8. The van der Waals surface area contributed by atoms with Crippen molar-refractivity contribution in [2.24, 2.45) is 5.92 Å². The van der Waals surface area contributed by atoms with E-state index in [2.05, 4.69) is 19.2 Å². The van der Waals surface area contributed by atoms with Crippen molar-refractivity contribution in [1.29, 1.82) is 0 Å². The standard InChI is InChI=1S/C18H35NO/c1-3-4-5-6-7-8-9-10-11-12-13-18(20)17-14-15-19-16(17)2/h16-17,19H,3-15H2,1-2H3. The molecule has 0 radical (unpaired) electrons. The predicted molar refractivity (Wildman–Crippen MR) is 87.0 cm³/mol. The Bertz CT molecular complexity index is 252. The topological polar surface area (TPSA) is 29.1 Å². The molecule has 0 bridgehead atoms.